The predicted octanol–water partition coefficient (Wildman–Crippen LogP) is 1.97. The molecule has 1 spiro atoms. The van der Waals surface area contributed by atoms with E-state index in [1.54, 1.807) is 6.92 Å². The van der Waals surface area contributed by atoms with Crippen LogP contribution in [-0.4, -0.2) is 42.5 Å². The van der Waals surface area contributed by atoms with Gasteiger partial charge in [-0.1, -0.05) is 13.8 Å². The number of fused-ring (bicyclic) bond motifs is 1. The van der Waals surface area contributed by atoms with Gasteiger partial charge in [-0.25, -0.2) is 12.7 Å². The van der Waals surface area contributed by atoms with Gasteiger partial charge in [-0.2, -0.15) is 10.2 Å². The van der Waals surface area contributed by atoms with Gasteiger partial charge in [0.05, 0.1) is 18.3 Å². The minimum Gasteiger partial charge on any atom is -0.271 e. The molecule has 4 rings (SSSR count). The molecular weight excluding hydrogens is 302 g/mol. The summed E-state index contributed by atoms with van der Waals surface area (Å²) < 4.78 is 26.9. The monoisotopic (exact) mass is 325 g/mol. The number of rotatable bonds is 1. The Hall–Kier alpha value is -0.980. The standard InChI is InChI=1S/C15H23N3O3S/c1-13(2)10-4-5-15(13)9-22(20,21)18(11(15)8-10)12(19)14(3)6-7-16-17-14/h10-11H,4-9H2,1-3H3/t10?,11-,14-,15-/m1/s1. The van der Waals surface area contributed by atoms with Crippen LogP contribution in [0.3, 0.4) is 0 Å². The molecule has 7 heteroatoms. The number of amides is 1. The Labute approximate surface area is 131 Å². The third-order valence-corrected chi connectivity index (χ3v) is 8.96. The second-order valence-electron chi connectivity index (χ2n) is 8.21. The van der Waals surface area contributed by atoms with E-state index in [4.69, 9.17) is 0 Å². The third kappa shape index (κ3) is 1.46. The maximum atomic E-state index is 13.0. The molecule has 0 radical (unpaired) electrons. The fourth-order valence-electron chi connectivity index (χ4n) is 5.47. The highest BCUT2D eigenvalue weighted by Crippen LogP contribution is 2.70. The Balaban J connectivity index is 1.79. The molecular formula is C15H23N3O3S. The lowest BCUT2D eigenvalue weighted by Gasteiger charge is -2.37. The molecule has 0 aromatic heterocycles. The van der Waals surface area contributed by atoms with Gasteiger partial charge < -0.3 is 0 Å². The van der Waals surface area contributed by atoms with Gasteiger partial charge >= 0.3 is 0 Å². The van der Waals surface area contributed by atoms with Crippen LogP contribution in [-0.2, 0) is 14.8 Å². The van der Waals surface area contributed by atoms with Crippen molar-refractivity contribution in [3.8, 4) is 0 Å². The van der Waals surface area contributed by atoms with Crippen molar-refractivity contribution in [3.05, 3.63) is 0 Å². The molecule has 0 aromatic carbocycles. The highest BCUT2D eigenvalue weighted by Gasteiger charge is 2.73. The molecule has 2 aliphatic carbocycles. The summed E-state index contributed by atoms with van der Waals surface area (Å²) in [5.74, 6) is 0.271. The van der Waals surface area contributed by atoms with E-state index in [9.17, 15) is 13.2 Å². The first-order valence-electron chi connectivity index (χ1n) is 8.09. The molecule has 4 atom stereocenters. The second-order valence-corrected chi connectivity index (χ2v) is 10.1. The van der Waals surface area contributed by atoms with Crippen molar-refractivity contribution in [1.29, 1.82) is 0 Å². The molecule has 1 amide bonds. The van der Waals surface area contributed by atoms with Crippen LogP contribution in [0, 0.1) is 16.7 Å². The summed E-state index contributed by atoms with van der Waals surface area (Å²) in [6.45, 7) is 6.58. The van der Waals surface area contributed by atoms with E-state index in [1.165, 1.54) is 4.31 Å². The molecule has 4 aliphatic rings. The van der Waals surface area contributed by atoms with Gasteiger partial charge in [0.25, 0.3) is 5.91 Å². The van der Waals surface area contributed by atoms with Crippen LogP contribution in [0.5, 0.6) is 0 Å². The van der Waals surface area contributed by atoms with Crippen molar-refractivity contribution in [2.75, 3.05) is 12.3 Å². The van der Waals surface area contributed by atoms with Crippen LogP contribution in [0.1, 0.15) is 46.5 Å². The molecule has 0 aromatic rings. The lowest BCUT2D eigenvalue weighted by Crippen LogP contribution is -2.51. The van der Waals surface area contributed by atoms with Gasteiger partial charge in [0.2, 0.25) is 10.0 Å². The van der Waals surface area contributed by atoms with Gasteiger partial charge in [0, 0.05) is 11.8 Å². The molecule has 2 heterocycles. The quantitative estimate of drug-likeness (QED) is 0.739. The fourth-order valence-corrected chi connectivity index (χ4v) is 8.09. The second kappa shape index (κ2) is 3.91. The van der Waals surface area contributed by atoms with E-state index in [0.717, 1.165) is 19.3 Å². The fraction of sp³-hybridized carbons (Fsp3) is 0.933. The van der Waals surface area contributed by atoms with E-state index in [2.05, 4.69) is 24.1 Å². The number of nitrogens with zero attached hydrogens (tertiary/aromatic N) is 3. The summed E-state index contributed by atoms with van der Waals surface area (Å²) in [5.41, 5.74) is -1.28. The van der Waals surface area contributed by atoms with Crippen molar-refractivity contribution >= 4 is 15.9 Å². The lowest BCUT2D eigenvalue weighted by atomic mass is 9.69. The van der Waals surface area contributed by atoms with Gasteiger partial charge in [-0.05, 0) is 37.5 Å². The molecule has 2 saturated carbocycles. The molecule has 0 N–H and O–H groups in total. The largest absolute Gasteiger partial charge is 0.271 e. The maximum Gasteiger partial charge on any atom is 0.265 e. The SMILES string of the molecule is CC1(C)C2CC[C@]13CS(=O)(=O)N(C(=O)[C@@]1(C)CCN=N1)[C@@H]3C2. The van der Waals surface area contributed by atoms with Crippen LogP contribution < -0.4 is 0 Å². The van der Waals surface area contributed by atoms with E-state index >= 15 is 0 Å². The van der Waals surface area contributed by atoms with E-state index in [-0.39, 0.29) is 28.5 Å². The van der Waals surface area contributed by atoms with Gasteiger partial charge in [-0.3, -0.25) is 4.79 Å². The average Bonchev–Trinajstić information content (AvgIpc) is 3.07. The summed E-state index contributed by atoms with van der Waals surface area (Å²) >= 11 is 0. The van der Waals surface area contributed by atoms with Crippen molar-refractivity contribution in [2.24, 2.45) is 27.0 Å². The lowest BCUT2D eigenvalue weighted by molar-refractivity contribution is -0.133. The van der Waals surface area contributed by atoms with Crippen LogP contribution in [0.4, 0.5) is 0 Å². The van der Waals surface area contributed by atoms with Crippen molar-refractivity contribution in [2.45, 2.75) is 58.0 Å². The van der Waals surface area contributed by atoms with Gasteiger partial charge in [0.1, 0.15) is 0 Å². The number of carbonyl (C=O) groups is 1. The van der Waals surface area contributed by atoms with Crippen molar-refractivity contribution < 1.29 is 13.2 Å². The average molecular weight is 325 g/mol. The third-order valence-electron chi connectivity index (χ3n) is 7.06. The maximum absolute atomic E-state index is 13.0. The Kier molecular flexibility index (Phi) is 2.60. The molecule has 1 unspecified atom stereocenters. The molecule has 2 bridgehead atoms. The first-order valence-corrected chi connectivity index (χ1v) is 9.70. The number of hydrogen-bond donors (Lipinski definition) is 0. The summed E-state index contributed by atoms with van der Waals surface area (Å²) in [7, 11) is -3.55. The number of azo groups is 1. The first-order chi connectivity index (χ1) is 10.1. The van der Waals surface area contributed by atoms with Gasteiger partial charge in [-0.15, -0.1) is 0 Å². The highest BCUT2D eigenvalue weighted by atomic mass is 32.2. The molecule has 1 saturated heterocycles. The zero-order valence-electron chi connectivity index (χ0n) is 13.4. The van der Waals surface area contributed by atoms with Crippen LogP contribution in [0.15, 0.2) is 10.2 Å². The first kappa shape index (κ1) is 14.6. The van der Waals surface area contributed by atoms with Crippen LogP contribution >= 0.6 is 0 Å². The Morgan fingerprint density at radius 3 is 2.55 bits per heavy atom. The van der Waals surface area contributed by atoms with Crippen molar-refractivity contribution in [1.82, 2.24) is 4.31 Å². The number of sulfonamides is 1. The summed E-state index contributed by atoms with van der Waals surface area (Å²) in [5, 5.41) is 7.98. The Bertz CT molecular complexity index is 686. The normalized spacial score (nSPS) is 47.1. The summed E-state index contributed by atoms with van der Waals surface area (Å²) in [6, 6.07) is -0.175. The minimum atomic E-state index is -3.55. The molecule has 2 aliphatic heterocycles. The van der Waals surface area contributed by atoms with Crippen molar-refractivity contribution in [3.63, 3.8) is 0 Å². The highest BCUT2D eigenvalue weighted by molar-refractivity contribution is 7.90. The van der Waals surface area contributed by atoms with E-state index in [0.29, 0.717) is 18.9 Å². The topological polar surface area (TPSA) is 79.2 Å². The Morgan fingerprint density at radius 2 is 1.95 bits per heavy atom. The minimum absolute atomic E-state index is 0.0160. The zero-order chi connectivity index (χ0) is 16.0. The summed E-state index contributed by atoms with van der Waals surface area (Å²) in [6.07, 6.45) is 3.31. The van der Waals surface area contributed by atoms with Gasteiger partial charge in [0.15, 0.2) is 5.54 Å². The Morgan fingerprint density at radius 1 is 1.23 bits per heavy atom. The smallest absolute Gasteiger partial charge is 0.265 e. The predicted molar refractivity (Wildman–Crippen MR) is 80.7 cm³/mol. The molecule has 22 heavy (non-hydrogen) atoms. The van der Waals surface area contributed by atoms with Crippen LogP contribution in [0.2, 0.25) is 0 Å². The zero-order valence-corrected chi connectivity index (χ0v) is 14.2. The molecule has 6 nitrogen and oxygen atoms in total. The summed E-state index contributed by atoms with van der Waals surface area (Å²) in [4.78, 5) is 13.0. The van der Waals surface area contributed by atoms with E-state index in [1.807, 2.05) is 0 Å². The van der Waals surface area contributed by atoms with E-state index < -0.39 is 15.6 Å². The number of hydrogen-bond acceptors (Lipinski definition) is 5. The molecule has 3 fully saturated rings. The molecule has 122 valence electrons. The van der Waals surface area contributed by atoms with Crippen LogP contribution in [0.25, 0.3) is 0 Å². The number of carbonyl (C=O) groups excluding carboxylic acids is 1.